The minimum absolute atomic E-state index is 0.0843. The normalized spacial score (nSPS) is 13.0. The van der Waals surface area contributed by atoms with E-state index in [0.717, 1.165) is 0 Å². The minimum atomic E-state index is -3.76. The first-order chi connectivity index (χ1) is 10.2. The zero-order chi connectivity index (χ0) is 16.9. The molecular formula is C14H22ClN3O3S. The number of carbonyl (C=O) groups excluding carboxylic acids is 1. The zero-order valence-electron chi connectivity index (χ0n) is 13.2. The number of sulfonamides is 1. The van der Waals surface area contributed by atoms with E-state index in [4.69, 9.17) is 11.6 Å². The molecule has 0 aromatic heterocycles. The number of halogens is 1. The Morgan fingerprint density at radius 3 is 2.55 bits per heavy atom. The van der Waals surface area contributed by atoms with Crippen molar-refractivity contribution in [1.29, 1.82) is 0 Å². The van der Waals surface area contributed by atoms with Crippen LogP contribution < -0.4 is 10.0 Å². The zero-order valence-corrected chi connectivity index (χ0v) is 14.8. The third-order valence-corrected chi connectivity index (χ3v) is 5.18. The van der Waals surface area contributed by atoms with E-state index in [1.54, 1.807) is 14.1 Å². The molecule has 2 N–H and O–H groups in total. The van der Waals surface area contributed by atoms with Crippen LogP contribution in [0.2, 0.25) is 5.02 Å². The Hall–Kier alpha value is -1.15. The average molecular weight is 348 g/mol. The van der Waals surface area contributed by atoms with Gasteiger partial charge in [-0.25, -0.2) is 13.1 Å². The van der Waals surface area contributed by atoms with Gasteiger partial charge in [-0.3, -0.25) is 4.79 Å². The molecular weight excluding hydrogens is 326 g/mol. The molecule has 0 saturated heterocycles. The summed E-state index contributed by atoms with van der Waals surface area (Å²) in [5.41, 5.74) is 0.276. The summed E-state index contributed by atoms with van der Waals surface area (Å²) in [6.07, 6.45) is 0.643. The summed E-state index contributed by atoms with van der Waals surface area (Å²) in [7, 11) is 1.25. The van der Waals surface area contributed by atoms with E-state index < -0.39 is 10.0 Å². The molecule has 0 spiro atoms. The molecule has 0 fully saturated rings. The highest BCUT2D eigenvalue weighted by atomic mass is 35.5. The van der Waals surface area contributed by atoms with Crippen LogP contribution in [0.5, 0.6) is 0 Å². The van der Waals surface area contributed by atoms with Crippen LogP contribution in [0.15, 0.2) is 23.1 Å². The molecule has 0 radical (unpaired) electrons. The first-order valence-electron chi connectivity index (χ1n) is 6.87. The Bertz CT molecular complexity index is 632. The van der Waals surface area contributed by atoms with Crippen molar-refractivity contribution in [3.05, 3.63) is 28.8 Å². The molecule has 0 heterocycles. The second kappa shape index (κ2) is 7.92. The number of nitrogens with zero attached hydrogens (tertiary/aromatic N) is 1. The second-order valence-corrected chi connectivity index (χ2v) is 7.36. The van der Waals surface area contributed by atoms with Gasteiger partial charge in [-0.15, -0.1) is 0 Å². The molecule has 0 aliphatic carbocycles. The number of nitrogens with one attached hydrogen (secondary N) is 2. The first-order valence-corrected chi connectivity index (χ1v) is 8.73. The van der Waals surface area contributed by atoms with Gasteiger partial charge in [0.25, 0.3) is 5.91 Å². The lowest BCUT2D eigenvalue weighted by Gasteiger charge is -2.14. The third-order valence-electron chi connectivity index (χ3n) is 3.24. The molecule has 0 saturated carbocycles. The van der Waals surface area contributed by atoms with Crippen molar-refractivity contribution in [3.8, 4) is 0 Å². The van der Waals surface area contributed by atoms with Crippen molar-refractivity contribution in [1.82, 2.24) is 14.9 Å². The van der Waals surface area contributed by atoms with Crippen LogP contribution in [0.3, 0.4) is 0 Å². The third kappa shape index (κ3) is 4.95. The van der Waals surface area contributed by atoms with E-state index in [-0.39, 0.29) is 34.0 Å². The van der Waals surface area contributed by atoms with E-state index >= 15 is 0 Å². The molecule has 0 aliphatic rings. The molecule has 1 amide bonds. The molecule has 124 valence electrons. The van der Waals surface area contributed by atoms with Crippen LogP contribution in [0.25, 0.3) is 0 Å². The summed E-state index contributed by atoms with van der Waals surface area (Å²) in [5, 5.41) is 3.12. The lowest BCUT2D eigenvalue weighted by Crippen LogP contribution is -2.31. The Morgan fingerprint density at radius 1 is 1.36 bits per heavy atom. The van der Waals surface area contributed by atoms with Crippen molar-refractivity contribution in [2.75, 3.05) is 27.7 Å². The van der Waals surface area contributed by atoms with Crippen LogP contribution in [-0.2, 0) is 10.0 Å². The van der Waals surface area contributed by atoms with Gasteiger partial charge < -0.3 is 10.2 Å². The van der Waals surface area contributed by atoms with Crippen LogP contribution in [0.4, 0.5) is 0 Å². The van der Waals surface area contributed by atoms with Gasteiger partial charge >= 0.3 is 0 Å². The summed E-state index contributed by atoms with van der Waals surface area (Å²) in [6, 6.07) is 4.42. The summed E-state index contributed by atoms with van der Waals surface area (Å²) < 4.78 is 27.2. The van der Waals surface area contributed by atoms with Crippen LogP contribution in [0, 0.1) is 0 Å². The molecule has 1 rings (SSSR count). The largest absolute Gasteiger partial charge is 0.345 e. The maximum atomic E-state index is 12.3. The number of carbonyl (C=O) groups is 1. The molecule has 0 bridgehead atoms. The van der Waals surface area contributed by atoms with Crippen molar-refractivity contribution >= 4 is 27.5 Å². The molecule has 8 heteroatoms. The predicted octanol–water partition coefficient (Wildman–Crippen LogP) is 1.32. The van der Waals surface area contributed by atoms with Gasteiger partial charge in [0.05, 0.1) is 5.02 Å². The molecule has 6 nitrogen and oxygen atoms in total. The predicted molar refractivity (Wildman–Crippen MR) is 87.8 cm³/mol. The van der Waals surface area contributed by atoms with E-state index in [9.17, 15) is 13.2 Å². The van der Waals surface area contributed by atoms with Crippen molar-refractivity contribution in [3.63, 3.8) is 0 Å². The monoisotopic (exact) mass is 347 g/mol. The quantitative estimate of drug-likeness (QED) is 0.779. The number of amides is 1. The lowest BCUT2D eigenvalue weighted by molar-refractivity contribution is 0.0827. The molecule has 1 atom stereocenters. The van der Waals surface area contributed by atoms with Gasteiger partial charge in [0.2, 0.25) is 10.0 Å². The van der Waals surface area contributed by atoms with Crippen molar-refractivity contribution < 1.29 is 13.2 Å². The Balaban J connectivity index is 2.98. The van der Waals surface area contributed by atoms with E-state index in [0.29, 0.717) is 6.42 Å². The number of hydrogen-bond acceptors (Lipinski definition) is 4. The van der Waals surface area contributed by atoms with Crippen LogP contribution in [0.1, 0.15) is 23.7 Å². The second-order valence-electron chi connectivity index (χ2n) is 5.22. The highest BCUT2D eigenvalue weighted by Gasteiger charge is 2.20. The number of hydrogen-bond donors (Lipinski definition) is 2. The summed E-state index contributed by atoms with van der Waals surface area (Å²) in [4.78, 5) is 13.2. The highest BCUT2D eigenvalue weighted by Crippen LogP contribution is 2.23. The van der Waals surface area contributed by atoms with Gasteiger partial charge in [0.15, 0.2) is 0 Å². The smallest absolute Gasteiger partial charge is 0.253 e. The lowest BCUT2D eigenvalue weighted by atomic mass is 10.2. The summed E-state index contributed by atoms with van der Waals surface area (Å²) in [6.45, 7) is 2.24. The van der Waals surface area contributed by atoms with E-state index in [1.165, 1.54) is 23.1 Å². The van der Waals surface area contributed by atoms with Gasteiger partial charge in [0, 0.05) is 32.2 Å². The molecule has 22 heavy (non-hydrogen) atoms. The molecule has 1 aromatic carbocycles. The van der Waals surface area contributed by atoms with Crippen LogP contribution >= 0.6 is 11.6 Å². The van der Waals surface area contributed by atoms with E-state index in [1.807, 2.05) is 14.0 Å². The standard InChI is InChI=1S/C14H22ClN3O3S/c1-10(16-2)7-8-17-22(20,21)13-9-11(5-6-12(13)15)14(19)18(3)4/h5-6,9-10,16-17H,7-8H2,1-4H3/t10-/m0/s1. The van der Waals surface area contributed by atoms with Crippen molar-refractivity contribution in [2.24, 2.45) is 0 Å². The fraction of sp³-hybridized carbons (Fsp3) is 0.500. The molecule has 0 aliphatic heterocycles. The minimum Gasteiger partial charge on any atom is -0.345 e. The molecule has 1 aromatic rings. The number of rotatable bonds is 7. The highest BCUT2D eigenvalue weighted by molar-refractivity contribution is 7.89. The van der Waals surface area contributed by atoms with Gasteiger partial charge in [-0.05, 0) is 38.6 Å². The van der Waals surface area contributed by atoms with Crippen molar-refractivity contribution in [2.45, 2.75) is 24.3 Å². The van der Waals surface area contributed by atoms with Gasteiger partial charge in [-0.2, -0.15) is 0 Å². The fourth-order valence-corrected chi connectivity index (χ4v) is 3.30. The fourth-order valence-electron chi connectivity index (χ4n) is 1.73. The summed E-state index contributed by atoms with van der Waals surface area (Å²) >= 11 is 5.98. The SMILES string of the molecule is CN[C@@H](C)CCNS(=O)(=O)c1cc(C(=O)N(C)C)ccc1Cl. The Kier molecular flexibility index (Phi) is 6.80. The summed E-state index contributed by atoms with van der Waals surface area (Å²) in [5.74, 6) is -0.281. The van der Waals surface area contributed by atoms with Gasteiger partial charge in [0.1, 0.15) is 4.90 Å². The number of benzene rings is 1. The van der Waals surface area contributed by atoms with Crippen LogP contribution in [-0.4, -0.2) is 53.0 Å². The first kappa shape index (κ1) is 18.9. The van der Waals surface area contributed by atoms with E-state index in [2.05, 4.69) is 10.0 Å². The average Bonchev–Trinajstić information content (AvgIpc) is 2.46. The topological polar surface area (TPSA) is 78.5 Å². The molecule has 0 unspecified atom stereocenters. The Morgan fingerprint density at radius 2 is 2.00 bits per heavy atom. The maximum Gasteiger partial charge on any atom is 0.253 e. The maximum absolute atomic E-state index is 12.3. The van der Waals surface area contributed by atoms with Gasteiger partial charge in [-0.1, -0.05) is 11.6 Å². The Labute approximate surface area is 136 Å².